The average Bonchev–Trinajstić information content (AvgIpc) is 0. The van der Waals surface area contributed by atoms with Gasteiger partial charge in [0.25, 0.3) is 0 Å². The van der Waals surface area contributed by atoms with E-state index in [2.05, 4.69) is 0 Å². The standard InChI is InChI=1S/Co.Cu.Fe.Ni.V. The summed E-state index contributed by atoms with van der Waals surface area (Å²) in [4.78, 5) is 0. The van der Waals surface area contributed by atoms with Crippen molar-refractivity contribution in [2.75, 3.05) is 0 Å². The minimum absolute atomic E-state index is 0. The first kappa shape index (κ1) is 48.6. The maximum Gasteiger partial charge on any atom is 0 e. The second-order valence-corrected chi connectivity index (χ2v) is 0. The van der Waals surface area contributed by atoms with Crippen LogP contribution in [0, 0.1) is 0 Å². The van der Waals surface area contributed by atoms with Crippen molar-refractivity contribution in [3.05, 3.63) is 0 Å². The second-order valence-electron chi connectivity index (χ2n) is 0. The molecule has 0 heterocycles. The van der Waals surface area contributed by atoms with Crippen molar-refractivity contribution in [1.82, 2.24) is 0 Å². The van der Waals surface area contributed by atoms with Crippen LogP contribution in [0.25, 0.3) is 0 Å². The van der Waals surface area contributed by atoms with Gasteiger partial charge in [0.2, 0.25) is 0 Å². The minimum atomic E-state index is 0. The average molecular weight is 288 g/mol. The molecule has 5 heteroatoms. The summed E-state index contributed by atoms with van der Waals surface area (Å²) in [5.41, 5.74) is 0. The quantitative estimate of drug-likeness (QED) is 0.550. The molecule has 0 N–H and O–H groups in total. The van der Waals surface area contributed by atoms with Gasteiger partial charge in [-0.25, -0.2) is 0 Å². The molecule has 0 aromatic rings. The Balaban J connectivity index is 0. The molecule has 0 unspecified atom stereocenters. The van der Waals surface area contributed by atoms with Crippen molar-refractivity contribution in [2.24, 2.45) is 0 Å². The second kappa shape index (κ2) is 30.4. The van der Waals surface area contributed by atoms with Crippen molar-refractivity contribution in [3.8, 4) is 0 Å². The van der Waals surface area contributed by atoms with Crippen LogP contribution in [0.2, 0.25) is 0 Å². The molecule has 5 heavy (non-hydrogen) atoms. The fraction of sp³-hybridized carbons (Fsp3) is 0. The molecule has 0 aromatic carbocycles. The molecule has 0 fully saturated rings. The Hall–Kier alpha value is 2.62. The summed E-state index contributed by atoms with van der Waals surface area (Å²) >= 11 is 0. The molecule has 3 radical (unpaired) electrons. The summed E-state index contributed by atoms with van der Waals surface area (Å²) in [7, 11) is 0. The molecule has 0 aromatic heterocycles. The molecule has 0 saturated carbocycles. The van der Waals surface area contributed by atoms with E-state index in [4.69, 9.17) is 0 Å². The van der Waals surface area contributed by atoms with Gasteiger partial charge in [0.1, 0.15) is 0 Å². The van der Waals surface area contributed by atoms with Gasteiger partial charge in [-0.3, -0.25) is 0 Å². The Morgan fingerprint density at radius 3 is 1.00 bits per heavy atom. The first-order valence-electron chi connectivity index (χ1n) is 0. The van der Waals surface area contributed by atoms with E-state index in [0.717, 1.165) is 0 Å². The SMILES string of the molecule is [Co].[Cu].[Fe].[Ni].[V]. The Morgan fingerprint density at radius 2 is 1.00 bits per heavy atom. The van der Waals surface area contributed by atoms with Crippen molar-refractivity contribution >= 4 is 0 Å². The molecule has 0 aliphatic carbocycles. The van der Waals surface area contributed by atoms with Crippen LogP contribution in [0.4, 0.5) is 0 Å². The van der Waals surface area contributed by atoms with E-state index in [0.29, 0.717) is 0 Å². The first-order chi connectivity index (χ1) is 0. The van der Waals surface area contributed by atoms with Crippen LogP contribution in [0.1, 0.15) is 0 Å². The van der Waals surface area contributed by atoms with Gasteiger partial charge < -0.3 is 0 Å². The zero-order valence-electron chi connectivity index (χ0n) is 1.75. The van der Waals surface area contributed by atoms with Crippen LogP contribution in [0.15, 0.2) is 0 Å². The minimum Gasteiger partial charge on any atom is 0 e. The van der Waals surface area contributed by atoms with Gasteiger partial charge in [-0.1, -0.05) is 0 Å². The Morgan fingerprint density at radius 1 is 1.00 bits per heavy atom. The number of hydrogen-bond donors (Lipinski definition) is 0. The Bertz CT molecular complexity index is 11.6. The molecule has 0 saturated heterocycles. The van der Waals surface area contributed by atoms with Crippen LogP contribution >= 0.6 is 0 Å². The van der Waals surface area contributed by atoms with Crippen LogP contribution in [-0.4, -0.2) is 0 Å². The smallest absolute Gasteiger partial charge is 0 e. The third-order valence-corrected chi connectivity index (χ3v) is 0. The summed E-state index contributed by atoms with van der Waals surface area (Å²) < 4.78 is 0. The van der Waals surface area contributed by atoms with Crippen molar-refractivity contribution in [3.63, 3.8) is 0 Å². The Labute approximate surface area is 84.9 Å². The molecule has 0 nitrogen and oxygen atoms in total. The van der Waals surface area contributed by atoms with Gasteiger partial charge in [0.05, 0.1) is 0 Å². The van der Waals surface area contributed by atoms with Crippen molar-refractivity contribution in [2.45, 2.75) is 0 Å². The summed E-state index contributed by atoms with van der Waals surface area (Å²) in [6, 6.07) is 0. The summed E-state index contributed by atoms with van der Waals surface area (Å²) in [6.45, 7) is 0. The fourth-order valence-electron chi connectivity index (χ4n) is 0. The molecule has 43 valence electrons. The van der Waals surface area contributed by atoms with Gasteiger partial charge in [-0.2, -0.15) is 0 Å². The summed E-state index contributed by atoms with van der Waals surface area (Å²) in [5.74, 6) is 0. The van der Waals surface area contributed by atoms with Crippen molar-refractivity contribution < 1.29 is 86.0 Å². The zero-order valence-corrected chi connectivity index (χ0v) is 7.22. The van der Waals surface area contributed by atoms with Gasteiger partial charge in [0.15, 0.2) is 0 Å². The largest absolute Gasteiger partial charge is 0 e. The van der Waals surface area contributed by atoms with E-state index < -0.39 is 0 Å². The molecule has 0 atom stereocenters. The van der Waals surface area contributed by atoms with E-state index in [-0.39, 0.29) is 86.0 Å². The fourth-order valence-corrected chi connectivity index (χ4v) is 0. The Kier molecular flexibility index (Phi) is 296. The molecule has 0 aliphatic rings. The van der Waals surface area contributed by atoms with Gasteiger partial charge in [-0.05, 0) is 0 Å². The van der Waals surface area contributed by atoms with E-state index >= 15 is 0 Å². The zero-order chi connectivity index (χ0) is 0. The van der Waals surface area contributed by atoms with Gasteiger partial charge >= 0.3 is 0 Å². The molecule has 0 bridgehead atoms. The topological polar surface area (TPSA) is 0 Å². The predicted molar refractivity (Wildman–Crippen MR) is 0 cm³/mol. The maximum absolute atomic E-state index is 0. The van der Waals surface area contributed by atoms with Crippen LogP contribution in [0.3, 0.4) is 0 Å². The molecular weight excluding hydrogens is 288 g/mol. The normalized spacial score (nSPS) is 0. The molecule has 0 rings (SSSR count). The van der Waals surface area contributed by atoms with Crippen LogP contribution < -0.4 is 0 Å². The van der Waals surface area contributed by atoms with Crippen LogP contribution in [-0.2, 0) is 86.0 Å². The summed E-state index contributed by atoms with van der Waals surface area (Å²) in [6.07, 6.45) is 0. The number of hydrogen-bond acceptors (Lipinski definition) is 0. The number of rotatable bonds is 0. The van der Waals surface area contributed by atoms with Gasteiger partial charge in [-0.15, -0.1) is 0 Å². The summed E-state index contributed by atoms with van der Waals surface area (Å²) in [5, 5.41) is 0. The first-order valence-corrected chi connectivity index (χ1v) is 0. The third-order valence-electron chi connectivity index (χ3n) is 0. The monoisotopic (exact) mass is 287 g/mol. The van der Waals surface area contributed by atoms with E-state index in [9.17, 15) is 0 Å². The van der Waals surface area contributed by atoms with E-state index in [1.54, 1.807) is 0 Å². The predicted octanol–water partition coefficient (Wildman–Crippen LogP) is -0.0125. The van der Waals surface area contributed by atoms with Crippen molar-refractivity contribution in [1.29, 1.82) is 0 Å². The van der Waals surface area contributed by atoms with E-state index in [1.165, 1.54) is 0 Å². The maximum atomic E-state index is 0. The van der Waals surface area contributed by atoms with E-state index in [1.807, 2.05) is 0 Å². The molecule has 0 spiro atoms. The third kappa shape index (κ3) is 20.6. The molecule has 0 amide bonds. The van der Waals surface area contributed by atoms with Crippen LogP contribution in [0.5, 0.6) is 0 Å². The molecule has 0 aliphatic heterocycles. The van der Waals surface area contributed by atoms with Gasteiger partial charge in [0, 0.05) is 86.0 Å². The molecular formula is CoCuFeNiV.